The summed E-state index contributed by atoms with van der Waals surface area (Å²) in [5.74, 6) is -6.12. The summed E-state index contributed by atoms with van der Waals surface area (Å²) in [5, 5.41) is -11.4. The molecule has 3 nitrogen and oxygen atoms in total. The normalized spacial score (nSPS) is 20.9. The lowest BCUT2D eigenvalue weighted by atomic mass is 10.1. The molecular formula is C10H15F6NO2S2. The fourth-order valence-corrected chi connectivity index (χ4v) is 3.69. The van der Waals surface area contributed by atoms with Crippen LogP contribution in [0.5, 0.6) is 0 Å². The van der Waals surface area contributed by atoms with Crippen LogP contribution >= 0.6 is 12.6 Å². The minimum atomic E-state index is -6.12. The molecule has 1 heterocycles. The molecule has 0 aromatic carbocycles. The van der Waals surface area contributed by atoms with Gasteiger partial charge in [0.1, 0.15) is 0 Å². The number of alkyl halides is 6. The van der Waals surface area contributed by atoms with Crippen molar-refractivity contribution in [2.75, 3.05) is 13.1 Å². The van der Waals surface area contributed by atoms with Crippen molar-refractivity contribution in [3.05, 3.63) is 0 Å². The van der Waals surface area contributed by atoms with Gasteiger partial charge in [-0.2, -0.15) is 30.6 Å². The van der Waals surface area contributed by atoms with Gasteiger partial charge in [0.25, 0.3) is 10.0 Å². The van der Waals surface area contributed by atoms with Gasteiger partial charge >= 0.3 is 16.4 Å². The lowest BCUT2D eigenvalue weighted by Crippen LogP contribution is -2.59. The number of thiol groups is 1. The van der Waals surface area contributed by atoms with E-state index >= 15 is 0 Å². The fraction of sp³-hybridized carbons (Fsp3) is 1.00. The topological polar surface area (TPSA) is 37.4 Å². The zero-order chi connectivity index (χ0) is 16.5. The van der Waals surface area contributed by atoms with Gasteiger partial charge in [-0.25, -0.2) is 8.42 Å². The third kappa shape index (κ3) is 3.44. The highest BCUT2D eigenvalue weighted by atomic mass is 32.2. The lowest BCUT2D eigenvalue weighted by molar-refractivity contribution is -0.241. The summed E-state index contributed by atoms with van der Waals surface area (Å²) in [6.45, 7) is -0.793. The molecule has 0 saturated carbocycles. The molecule has 0 bridgehead atoms. The maximum Gasteiger partial charge on any atom is 0.428 e. The Morgan fingerprint density at radius 1 is 0.810 bits per heavy atom. The summed E-state index contributed by atoms with van der Waals surface area (Å²) in [5.41, 5.74) is 0. The van der Waals surface area contributed by atoms with Gasteiger partial charge in [-0.3, -0.25) is 0 Å². The molecule has 21 heavy (non-hydrogen) atoms. The van der Waals surface area contributed by atoms with E-state index in [-0.39, 0.29) is 17.1 Å². The van der Waals surface area contributed by atoms with Gasteiger partial charge in [0.2, 0.25) is 0 Å². The standard InChI is InChI=1S/C10H15F6NO2S2/c11-8(12,9(13,14)20)10(15,16)21(18,19)17-6-4-2-1-3-5-7-17/h20H,1-7H2. The van der Waals surface area contributed by atoms with E-state index in [1.807, 2.05) is 0 Å². The predicted molar refractivity (Wildman–Crippen MR) is 67.4 cm³/mol. The Kier molecular flexibility index (Phi) is 5.53. The van der Waals surface area contributed by atoms with Crippen LogP contribution in [0.3, 0.4) is 0 Å². The molecule has 0 amide bonds. The van der Waals surface area contributed by atoms with E-state index in [1.165, 1.54) is 0 Å². The molecule has 1 fully saturated rings. The maximum atomic E-state index is 13.6. The molecule has 0 aromatic heterocycles. The first-order valence-corrected chi connectivity index (χ1v) is 8.10. The van der Waals surface area contributed by atoms with Crippen molar-refractivity contribution in [1.29, 1.82) is 0 Å². The third-order valence-corrected chi connectivity index (χ3v) is 5.45. The summed E-state index contributed by atoms with van der Waals surface area (Å²) in [6, 6.07) is 0. The van der Waals surface area contributed by atoms with Crippen molar-refractivity contribution in [3.8, 4) is 0 Å². The Balaban J connectivity index is 3.14. The zero-order valence-corrected chi connectivity index (χ0v) is 12.5. The van der Waals surface area contributed by atoms with Crippen molar-refractivity contribution < 1.29 is 34.8 Å². The SMILES string of the molecule is O=S(=O)(N1CCCCCCC1)C(F)(F)C(F)(F)C(F)(F)S. The quantitative estimate of drug-likeness (QED) is 0.618. The molecule has 0 unspecified atom stereocenters. The molecular weight excluding hydrogens is 344 g/mol. The molecule has 0 radical (unpaired) electrons. The molecule has 0 atom stereocenters. The highest BCUT2D eigenvalue weighted by Crippen LogP contribution is 2.50. The average Bonchev–Trinajstić information content (AvgIpc) is 2.25. The maximum absolute atomic E-state index is 13.6. The predicted octanol–water partition coefficient (Wildman–Crippen LogP) is 3.33. The van der Waals surface area contributed by atoms with Crippen molar-refractivity contribution in [2.24, 2.45) is 0 Å². The van der Waals surface area contributed by atoms with Gasteiger partial charge in [-0.05, 0) is 12.8 Å². The molecule has 0 aromatic rings. The molecule has 1 aliphatic heterocycles. The Bertz CT molecular complexity index is 455. The molecule has 0 spiro atoms. The second-order valence-corrected chi connectivity index (χ2v) is 7.35. The third-order valence-electron chi connectivity index (χ3n) is 3.22. The molecule has 126 valence electrons. The van der Waals surface area contributed by atoms with Gasteiger partial charge in [0.15, 0.2) is 0 Å². The summed E-state index contributed by atoms with van der Waals surface area (Å²) in [7, 11) is -5.92. The van der Waals surface area contributed by atoms with E-state index in [4.69, 9.17) is 0 Å². The zero-order valence-electron chi connectivity index (χ0n) is 10.8. The van der Waals surface area contributed by atoms with Gasteiger partial charge in [-0.1, -0.05) is 31.9 Å². The number of hydrogen-bond acceptors (Lipinski definition) is 3. The van der Waals surface area contributed by atoms with Gasteiger partial charge in [0.05, 0.1) is 0 Å². The highest BCUT2D eigenvalue weighted by molar-refractivity contribution is 7.90. The van der Waals surface area contributed by atoms with Crippen molar-refractivity contribution in [2.45, 2.75) is 48.5 Å². The van der Waals surface area contributed by atoms with Crippen molar-refractivity contribution in [3.63, 3.8) is 0 Å². The van der Waals surface area contributed by atoms with Crippen LogP contribution < -0.4 is 0 Å². The number of rotatable bonds is 4. The Morgan fingerprint density at radius 2 is 1.19 bits per heavy atom. The van der Waals surface area contributed by atoms with Crippen LogP contribution in [0.2, 0.25) is 0 Å². The van der Waals surface area contributed by atoms with E-state index < -0.39 is 39.5 Å². The summed E-state index contributed by atoms with van der Waals surface area (Å²) in [4.78, 5) is 0. The smallest absolute Gasteiger partial charge is 0.206 e. The van der Waals surface area contributed by atoms with E-state index in [2.05, 4.69) is 12.6 Å². The van der Waals surface area contributed by atoms with Gasteiger partial charge in [0, 0.05) is 13.1 Å². The van der Waals surface area contributed by atoms with E-state index in [0.717, 1.165) is 6.42 Å². The van der Waals surface area contributed by atoms with Crippen molar-refractivity contribution in [1.82, 2.24) is 4.31 Å². The number of hydrogen-bond donors (Lipinski definition) is 1. The summed E-state index contributed by atoms with van der Waals surface area (Å²) >= 11 is 2.12. The fourth-order valence-electron chi connectivity index (χ4n) is 1.96. The molecule has 11 heteroatoms. The Labute approximate surface area is 124 Å². The van der Waals surface area contributed by atoms with Crippen LogP contribution in [-0.4, -0.2) is 42.2 Å². The first-order valence-electron chi connectivity index (χ1n) is 6.21. The van der Waals surface area contributed by atoms with Crippen LogP contribution in [0.1, 0.15) is 32.1 Å². The average molecular weight is 359 g/mol. The largest absolute Gasteiger partial charge is 0.428 e. The summed E-state index contributed by atoms with van der Waals surface area (Å²) in [6.07, 6.45) is 2.29. The van der Waals surface area contributed by atoms with Crippen LogP contribution in [0, 0.1) is 0 Å². The van der Waals surface area contributed by atoms with Crippen LogP contribution in [0.25, 0.3) is 0 Å². The highest BCUT2D eigenvalue weighted by Gasteiger charge is 2.77. The van der Waals surface area contributed by atoms with Crippen LogP contribution in [0.4, 0.5) is 26.3 Å². The number of nitrogens with zero attached hydrogens (tertiary/aromatic N) is 1. The first kappa shape index (κ1) is 18.9. The second kappa shape index (κ2) is 6.15. The van der Waals surface area contributed by atoms with E-state index in [0.29, 0.717) is 12.8 Å². The Hall–Kier alpha value is -0.160. The first-order chi connectivity index (χ1) is 9.36. The van der Waals surface area contributed by atoms with E-state index in [9.17, 15) is 34.8 Å². The molecule has 1 rings (SSSR count). The molecule has 0 N–H and O–H groups in total. The number of sulfonamides is 1. The monoisotopic (exact) mass is 359 g/mol. The lowest BCUT2D eigenvalue weighted by Gasteiger charge is -2.34. The van der Waals surface area contributed by atoms with Gasteiger partial charge in [-0.15, -0.1) is 0 Å². The minimum Gasteiger partial charge on any atom is -0.206 e. The van der Waals surface area contributed by atoms with Crippen LogP contribution in [0.15, 0.2) is 0 Å². The molecule has 1 aliphatic rings. The minimum absolute atomic E-state index is 0.166. The van der Waals surface area contributed by atoms with E-state index in [1.54, 1.807) is 0 Å². The Morgan fingerprint density at radius 3 is 1.57 bits per heavy atom. The molecule has 1 saturated heterocycles. The second-order valence-electron chi connectivity index (χ2n) is 4.80. The molecule has 0 aliphatic carbocycles. The van der Waals surface area contributed by atoms with Crippen molar-refractivity contribution >= 4 is 22.7 Å². The van der Waals surface area contributed by atoms with Crippen LogP contribution in [-0.2, 0) is 10.0 Å². The number of halogens is 6. The summed E-state index contributed by atoms with van der Waals surface area (Å²) < 4.78 is 102. The van der Waals surface area contributed by atoms with Gasteiger partial charge < -0.3 is 0 Å².